The molecule has 1 saturated carbocycles. The Morgan fingerprint density at radius 3 is 2.33 bits per heavy atom. The van der Waals surface area contributed by atoms with Crippen LogP contribution in [0.4, 0.5) is 0 Å². The largest absolute Gasteiger partial charge is 0.483 e. The molecule has 0 unspecified atom stereocenters. The van der Waals surface area contributed by atoms with Crippen LogP contribution < -0.4 is 10.1 Å². The van der Waals surface area contributed by atoms with E-state index in [-0.39, 0.29) is 24.5 Å². The first-order valence-electron chi connectivity index (χ1n) is 12.2. The Morgan fingerprint density at radius 1 is 1.00 bits per heavy atom. The molecule has 1 fully saturated rings. The van der Waals surface area contributed by atoms with Crippen molar-refractivity contribution in [2.45, 2.75) is 84.8 Å². The molecule has 1 atom stereocenters. The second kappa shape index (κ2) is 11.9. The van der Waals surface area contributed by atoms with Gasteiger partial charge in [0.25, 0.3) is 5.91 Å². The Morgan fingerprint density at radius 2 is 1.67 bits per heavy atom. The molecule has 33 heavy (non-hydrogen) atoms. The van der Waals surface area contributed by atoms with Crippen LogP contribution in [-0.2, 0) is 16.1 Å². The third kappa shape index (κ3) is 7.08. The lowest BCUT2D eigenvalue weighted by Crippen LogP contribution is -2.52. The van der Waals surface area contributed by atoms with E-state index in [1.165, 1.54) is 6.42 Å². The molecule has 5 nitrogen and oxygen atoms in total. The summed E-state index contributed by atoms with van der Waals surface area (Å²) >= 11 is 0. The molecule has 0 radical (unpaired) electrons. The van der Waals surface area contributed by atoms with E-state index >= 15 is 0 Å². The quantitative estimate of drug-likeness (QED) is 0.568. The summed E-state index contributed by atoms with van der Waals surface area (Å²) in [6.45, 7) is 8.26. The van der Waals surface area contributed by atoms with E-state index < -0.39 is 6.04 Å². The first-order valence-corrected chi connectivity index (χ1v) is 12.2. The van der Waals surface area contributed by atoms with Crippen LogP contribution >= 0.6 is 0 Å². The van der Waals surface area contributed by atoms with Gasteiger partial charge in [0.05, 0.1) is 0 Å². The van der Waals surface area contributed by atoms with Gasteiger partial charge in [-0.2, -0.15) is 0 Å². The molecule has 0 bridgehead atoms. The second-order valence-corrected chi connectivity index (χ2v) is 9.33. The summed E-state index contributed by atoms with van der Waals surface area (Å²) in [4.78, 5) is 28.4. The van der Waals surface area contributed by atoms with Gasteiger partial charge in [0.1, 0.15) is 11.8 Å². The highest BCUT2D eigenvalue weighted by molar-refractivity contribution is 5.88. The molecule has 2 aromatic carbocycles. The van der Waals surface area contributed by atoms with E-state index in [9.17, 15) is 9.59 Å². The lowest BCUT2D eigenvalue weighted by atomic mass is 9.95. The standard InChI is InChI=1S/C28H38N2O3/c1-5-25(28(32)29-24-9-7-6-8-10-24)30(18-23-15-12-20(2)13-16-23)27(31)19-33-26-17-21(3)11-14-22(26)4/h11-17,24-25H,5-10,18-19H2,1-4H3,(H,29,32)/t25-/m1/s1. The van der Waals surface area contributed by atoms with Crippen molar-refractivity contribution in [2.24, 2.45) is 0 Å². The van der Waals surface area contributed by atoms with Gasteiger partial charge in [0.15, 0.2) is 6.61 Å². The highest BCUT2D eigenvalue weighted by Crippen LogP contribution is 2.21. The van der Waals surface area contributed by atoms with Crippen molar-refractivity contribution in [1.29, 1.82) is 0 Å². The van der Waals surface area contributed by atoms with Gasteiger partial charge >= 0.3 is 0 Å². The van der Waals surface area contributed by atoms with Crippen LogP contribution in [0.15, 0.2) is 42.5 Å². The van der Waals surface area contributed by atoms with E-state index in [1.807, 2.05) is 70.2 Å². The van der Waals surface area contributed by atoms with Gasteiger partial charge in [-0.15, -0.1) is 0 Å². The van der Waals surface area contributed by atoms with Gasteiger partial charge in [0, 0.05) is 12.6 Å². The molecule has 1 N–H and O–H groups in total. The van der Waals surface area contributed by atoms with Crippen LogP contribution in [0.2, 0.25) is 0 Å². The molecule has 0 aliphatic heterocycles. The number of benzene rings is 2. The molecule has 3 rings (SSSR count). The minimum absolute atomic E-state index is 0.0587. The monoisotopic (exact) mass is 450 g/mol. The third-order valence-corrected chi connectivity index (χ3v) is 6.51. The molecule has 2 aromatic rings. The number of nitrogens with one attached hydrogen (secondary N) is 1. The van der Waals surface area contributed by atoms with Crippen molar-refractivity contribution in [3.63, 3.8) is 0 Å². The van der Waals surface area contributed by atoms with E-state index in [0.29, 0.717) is 18.7 Å². The lowest BCUT2D eigenvalue weighted by Gasteiger charge is -2.32. The summed E-state index contributed by atoms with van der Waals surface area (Å²) in [7, 11) is 0. The maximum atomic E-state index is 13.4. The fraction of sp³-hybridized carbons (Fsp3) is 0.500. The molecule has 0 heterocycles. The zero-order valence-electron chi connectivity index (χ0n) is 20.5. The summed E-state index contributed by atoms with van der Waals surface area (Å²) in [5, 5.41) is 3.22. The van der Waals surface area contributed by atoms with Crippen molar-refractivity contribution < 1.29 is 14.3 Å². The minimum atomic E-state index is -0.525. The van der Waals surface area contributed by atoms with Crippen LogP contribution in [0.3, 0.4) is 0 Å². The second-order valence-electron chi connectivity index (χ2n) is 9.33. The Labute approximate surface area is 198 Å². The Balaban J connectivity index is 1.77. The molecule has 1 aliphatic carbocycles. The van der Waals surface area contributed by atoms with E-state index in [1.54, 1.807) is 4.90 Å². The lowest BCUT2D eigenvalue weighted by molar-refractivity contribution is -0.143. The van der Waals surface area contributed by atoms with Gasteiger partial charge in [-0.25, -0.2) is 0 Å². The molecular weight excluding hydrogens is 412 g/mol. The average Bonchev–Trinajstić information content (AvgIpc) is 2.81. The zero-order chi connectivity index (χ0) is 23.8. The molecule has 0 saturated heterocycles. The van der Waals surface area contributed by atoms with Crippen molar-refractivity contribution in [3.8, 4) is 5.75 Å². The van der Waals surface area contributed by atoms with E-state index in [2.05, 4.69) is 5.32 Å². The predicted octanol–water partition coefficient (Wildman–Crippen LogP) is 5.25. The Kier molecular flexibility index (Phi) is 8.93. The first-order chi connectivity index (χ1) is 15.9. The number of rotatable bonds is 9. The minimum Gasteiger partial charge on any atom is -0.483 e. The Hall–Kier alpha value is -2.82. The third-order valence-electron chi connectivity index (χ3n) is 6.51. The molecular formula is C28H38N2O3. The number of hydrogen-bond acceptors (Lipinski definition) is 3. The van der Waals surface area contributed by atoms with Crippen molar-refractivity contribution in [3.05, 3.63) is 64.7 Å². The van der Waals surface area contributed by atoms with Gasteiger partial charge in [-0.05, 0) is 62.8 Å². The molecule has 0 aromatic heterocycles. The van der Waals surface area contributed by atoms with Crippen LogP contribution in [-0.4, -0.2) is 35.4 Å². The summed E-state index contributed by atoms with van der Waals surface area (Å²) < 4.78 is 5.92. The van der Waals surface area contributed by atoms with Gasteiger partial charge in [-0.1, -0.05) is 68.1 Å². The molecule has 178 valence electrons. The van der Waals surface area contributed by atoms with Crippen molar-refractivity contribution in [1.82, 2.24) is 10.2 Å². The zero-order valence-corrected chi connectivity index (χ0v) is 20.5. The van der Waals surface area contributed by atoms with Gasteiger partial charge in [-0.3, -0.25) is 9.59 Å². The van der Waals surface area contributed by atoms with Gasteiger partial charge < -0.3 is 15.0 Å². The summed E-state index contributed by atoms with van der Waals surface area (Å²) in [5.41, 5.74) is 4.24. The topological polar surface area (TPSA) is 58.6 Å². The number of ether oxygens (including phenoxy) is 1. The van der Waals surface area contributed by atoms with Crippen molar-refractivity contribution >= 4 is 11.8 Å². The molecule has 5 heteroatoms. The summed E-state index contributed by atoms with van der Waals surface area (Å²) in [5.74, 6) is 0.470. The summed E-state index contributed by atoms with van der Waals surface area (Å²) in [6, 6.07) is 13.8. The van der Waals surface area contributed by atoms with Gasteiger partial charge in [0.2, 0.25) is 5.91 Å². The fourth-order valence-corrected chi connectivity index (χ4v) is 4.44. The predicted molar refractivity (Wildman–Crippen MR) is 132 cm³/mol. The number of carbonyl (C=O) groups excluding carboxylic acids is 2. The Bertz CT molecular complexity index is 933. The molecule has 2 amide bonds. The maximum absolute atomic E-state index is 13.4. The number of carbonyl (C=O) groups is 2. The SMILES string of the molecule is CC[C@H](C(=O)NC1CCCCC1)N(Cc1ccc(C)cc1)C(=O)COc1cc(C)ccc1C. The smallest absolute Gasteiger partial charge is 0.261 e. The van der Waals surface area contributed by atoms with E-state index in [4.69, 9.17) is 4.74 Å². The average molecular weight is 451 g/mol. The highest BCUT2D eigenvalue weighted by atomic mass is 16.5. The van der Waals surface area contributed by atoms with Crippen LogP contribution in [0, 0.1) is 20.8 Å². The maximum Gasteiger partial charge on any atom is 0.261 e. The number of hydrogen-bond donors (Lipinski definition) is 1. The van der Waals surface area contributed by atoms with Crippen LogP contribution in [0.5, 0.6) is 5.75 Å². The molecule has 0 spiro atoms. The van der Waals surface area contributed by atoms with Crippen LogP contribution in [0.25, 0.3) is 0 Å². The number of nitrogens with zero attached hydrogens (tertiary/aromatic N) is 1. The first kappa shape index (κ1) is 24.8. The van der Waals surface area contributed by atoms with E-state index in [0.717, 1.165) is 47.9 Å². The van der Waals surface area contributed by atoms with Crippen LogP contribution in [0.1, 0.15) is 67.7 Å². The normalized spacial score (nSPS) is 15.0. The fourth-order valence-electron chi connectivity index (χ4n) is 4.44. The highest BCUT2D eigenvalue weighted by Gasteiger charge is 2.30. The number of amides is 2. The van der Waals surface area contributed by atoms with Crippen molar-refractivity contribution in [2.75, 3.05) is 6.61 Å². The summed E-state index contributed by atoms with van der Waals surface area (Å²) in [6.07, 6.45) is 6.12. The molecule has 1 aliphatic rings. The number of aryl methyl sites for hydroxylation is 3.